The number of hydrogen-bond donors (Lipinski definition) is 3. The Morgan fingerprint density at radius 1 is 1.62 bits per heavy atom. The molecular formula is C8H14N4O. The van der Waals surface area contributed by atoms with Gasteiger partial charge in [-0.05, 0) is 12.6 Å². The first kappa shape index (κ1) is 9.73. The minimum atomic E-state index is -0.115. The molecular weight excluding hydrogens is 168 g/mol. The summed E-state index contributed by atoms with van der Waals surface area (Å²) in [6.45, 7) is 4.36. The third kappa shape index (κ3) is 3.25. The normalized spacial score (nSPS) is 9.92. The molecule has 13 heavy (non-hydrogen) atoms. The average molecular weight is 182 g/mol. The molecule has 72 valence electrons. The van der Waals surface area contributed by atoms with E-state index in [0.29, 0.717) is 12.2 Å². The van der Waals surface area contributed by atoms with Gasteiger partial charge in [0, 0.05) is 19.3 Å². The van der Waals surface area contributed by atoms with E-state index in [1.807, 2.05) is 6.92 Å². The lowest BCUT2D eigenvalue weighted by Crippen LogP contribution is -2.31. The van der Waals surface area contributed by atoms with Crippen molar-refractivity contribution in [2.75, 3.05) is 19.6 Å². The first-order valence-electron chi connectivity index (χ1n) is 4.33. The highest BCUT2D eigenvalue weighted by atomic mass is 16.1. The van der Waals surface area contributed by atoms with E-state index in [1.54, 1.807) is 12.3 Å². The van der Waals surface area contributed by atoms with Crippen molar-refractivity contribution in [2.45, 2.75) is 6.92 Å². The first-order valence-corrected chi connectivity index (χ1v) is 4.33. The largest absolute Gasteiger partial charge is 0.349 e. The number of nitrogens with zero attached hydrogens (tertiary/aromatic N) is 1. The number of rotatable bonds is 5. The molecule has 1 rings (SSSR count). The van der Waals surface area contributed by atoms with Crippen molar-refractivity contribution in [3.63, 3.8) is 0 Å². The fourth-order valence-corrected chi connectivity index (χ4v) is 0.919. The van der Waals surface area contributed by atoms with Crippen LogP contribution >= 0.6 is 0 Å². The molecule has 0 radical (unpaired) electrons. The number of H-pyrrole nitrogens is 1. The summed E-state index contributed by atoms with van der Waals surface area (Å²) in [7, 11) is 0. The second-order valence-electron chi connectivity index (χ2n) is 2.58. The van der Waals surface area contributed by atoms with Gasteiger partial charge >= 0.3 is 0 Å². The molecule has 0 atom stereocenters. The minimum Gasteiger partial charge on any atom is -0.349 e. The first-order chi connectivity index (χ1) is 6.34. The Bertz CT molecular complexity index is 245. The van der Waals surface area contributed by atoms with Crippen LogP contribution < -0.4 is 10.6 Å². The predicted molar refractivity (Wildman–Crippen MR) is 49.5 cm³/mol. The van der Waals surface area contributed by atoms with E-state index >= 15 is 0 Å². The van der Waals surface area contributed by atoms with E-state index in [4.69, 9.17) is 0 Å². The second-order valence-corrected chi connectivity index (χ2v) is 2.58. The monoisotopic (exact) mass is 182 g/mol. The van der Waals surface area contributed by atoms with Crippen molar-refractivity contribution in [2.24, 2.45) is 0 Å². The van der Waals surface area contributed by atoms with Crippen LogP contribution in [-0.2, 0) is 0 Å². The number of carbonyl (C=O) groups excluding carboxylic acids is 1. The number of aromatic amines is 1. The molecule has 0 fully saturated rings. The molecule has 1 amide bonds. The van der Waals surface area contributed by atoms with E-state index in [0.717, 1.165) is 13.1 Å². The van der Waals surface area contributed by atoms with Crippen LogP contribution in [0.5, 0.6) is 0 Å². The summed E-state index contributed by atoms with van der Waals surface area (Å²) >= 11 is 0. The zero-order valence-electron chi connectivity index (χ0n) is 7.63. The van der Waals surface area contributed by atoms with Crippen molar-refractivity contribution in [3.05, 3.63) is 18.0 Å². The van der Waals surface area contributed by atoms with Crippen molar-refractivity contribution in [1.82, 2.24) is 20.8 Å². The Balaban J connectivity index is 2.19. The van der Waals surface area contributed by atoms with Gasteiger partial charge in [-0.1, -0.05) is 6.92 Å². The molecule has 0 aliphatic heterocycles. The number of amides is 1. The summed E-state index contributed by atoms with van der Waals surface area (Å²) in [5.74, 6) is -0.115. The lowest BCUT2D eigenvalue weighted by molar-refractivity contribution is 0.0949. The topological polar surface area (TPSA) is 69.8 Å². The lowest BCUT2D eigenvalue weighted by Gasteiger charge is -2.02. The van der Waals surface area contributed by atoms with E-state index in [1.165, 1.54) is 0 Å². The smallest absolute Gasteiger partial charge is 0.269 e. The summed E-state index contributed by atoms with van der Waals surface area (Å²) in [6, 6.07) is 1.64. The van der Waals surface area contributed by atoms with Gasteiger partial charge in [0.15, 0.2) is 0 Å². The molecule has 0 unspecified atom stereocenters. The summed E-state index contributed by atoms with van der Waals surface area (Å²) in [5, 5.41) is 12.1. The Morgan fingerprint density at radius 2 is 2.46 bits per heavy atom. The Hall–Kier alpha value is -1.36. The second kappa shape index (κ2) is 5.31. The van der Waals surface area contributed by atoms with Crippen molar-refractivity contribution in [1.29, 1.82) is 0 Å². The van der Waals surface area contributed by atoms with E-state index in [-0.39, 0.29) is 5.91 Å². The maximum atomic E-state index is 11.3. The van der Waals surface area contributed by atoms with Crippen molar-refractivity contribution < 1.29 is 4.79 Å². The maximum absolute atomic E-state index is 11.3. The van der Waals surface area contributed by atoms with Crippen molar-refractivity contribution in [3.8, 4) is 0 Å². The summed E-state index contributed by atoms with van der Waals surface area (Å²) in [5.41, 5.74) is 0.497. The van der Waals surface area contributed by atoms with Gasteiger partial charge in [-0.25, -0.2) is 0 Å². The van der Waals surface area contributed by atoms with Gasteiger partial charge in [0.1, 0.15) is 5.69 Å². The van der Waals surface area contributed by atoms with Gasteiger partial charge in [0.05, 0.1) is 0 Å². The molecule has 5 nitrogen and oxygen atoms in total. The zero-order valence-corrected chi connectivity index (χ0v) is 7.63. The maximum Gasteiger partial charge on any atom is 0.269 e. The van der Waals surface area contributed by atoms with Crippen LogP contribution in [0.4, 0.5) is 0 Å². The quantitative estimate of drug-likeness (QED) is 0.550. The number of likely N-dealkylation sites (N-methyl/N-ethyl adjacent to an activating group) is 1. The van der Waals surface area contributed by atoms with Crippen LogP contribution in [0.1, 0.15) is 17.4 Å². The van der Waals surface area contributed by atoms with Crippen LogP contribution in [0.15, 0.2) is 12.3 Å². The molecule has 0 saturated heterocycles. The summed E-state index contributed by atoms with van der Waals surface area (Å²) in [6.07, 6.45) is 1.55. The molecule has 0 bridgehead atoms. The highest BCUT2D eigenvalue weighted by Crippen LogP contribution is 1.89. The van der Waals surface area contributed by atoms with E-state index in [2.05, 4.69) is 20.8 Å². The molecule has 1 aromatic heterocycles. The SMILES string of the molecule is CCNCCNC(=O)c1ccn[nH]1. The zero-order chi connectivity index (χ0) is 9.52. The number of carbonyl (C=O) groups is 1. The molecule has 0 aromatic carbocycles. The average Bonchev–Trinajstić information content (AvgIpc) is 2.65. The summed E-state index contributed by atoms with van der Waals surface area (Å²) < 4.78 is 0. The van der Waals surface area contributed by atoms with Gasteiger partial charge < -0.3 is 10.6 Å². The Labute approximate surface area is 76.9 Å². The standard InChI is InChI=1S/C8H14N4O/c1-2-9-5-6-10-8(13)7-3-4-11-12-7/h3-4,9H,2,5-6H2,1H3,(H,10,13)(H,11,12). The van der Waals surface area contributed by atoms with Gasteiger partial charge in [-0.15, -0.1) is 0 Å². The van der Waals surface area contributed by atoms with Gasteiger partial charge in [-0.2, -0.15) is 5.10 Å². The molecule has 0 saturated carbocycles. The van der Waals surface area contributed by atoms with Gasteiger partial charge in [-0.3, -0.25) is 9.89 Å². The van der Waals surface area contributed by atoms with E-state index in [9.17, 15) is 4.79 Å². The third-order valence-corrected chi connectivity index (χ3v) is 1.58. The summed E-state index contributed by atoms with van der Waals surface area (Å²) in [4.78, 5) is 11.3. The fraction of sp³-hybridized carbons (Fsp3) is 0.500. The highest BCUT2D eigenvalue weighted by Gasteiger charge is 2.03. The van der Waals surface area contributed by atoms with Gasteiger partial charge in [0.25, 0.3) is 5.91 Å². The molecule has 3 N–H and O–H groups in total. The fourth-order valence-electron chi connectivity index (χ4n) is 0.919. The van der Waals surface area contributed by atoms with Crippen LogP contribution in [0.2, 0.25) is 0 Å². The number of aromatic nitrogens is 2. The Kier molecular flexibility index (Phi) is 3.98. The lowest BCUT2D eigenvalue weighted by atomic mass is 10.4. The molecule has 0 aliphatic rings. The van der Waals surface area contributed by atoms with Crippen LogP contribution in [0, 0.1) is 0 Å². The van der Waals surface area contributed by atoms with Crippen LogP contribution in [0.3, 0.4) is 0 Å². The number of nitrogens with one attached hydrogen (secondary N) is 3. The molecule has 0 aliphatic carbocycles. The molecule has 1 heterocycles. The predicted octanol–water partition coefficient (Wildman–Crippen LogP) is -0.251. The molecule has 5 heteroatoms. The van der Waals surface area contributed by atoms with Crippen LogP contribution in [0.25, 0.3) is 0 Å². The molecule has 1 aromatic rings. The molecule has 0 spiro atoms. The van der Waals surface area contributed by atoms with E-state index < -0.39 is 0 Å². The van der Waals surface area contributed by atoms with Crippen LogP contribution in [-0.4, -0.2) is 35.7 Å². The Morgan fingerprint density at radius 3 is 3.08 bits per heavy atom. The van der Waals surface area contributed by atoms with Crippen molar-refractivity contribution >= 4 is 5.91 Å². The highest BCUT2D eigenvalue weighted by molar-refractivity contribution is 5.92. The third-order valence-electron chi connectivity index (χ3n) is 1.58. The minimum absolute atomic E-state index is 0.115. The number of hydrogen-bond acceptors (Lipinski definition) is 3. The van der Waals surface area contributed by atoms with Gasteiger partial charge in [0.2, 0.25) is 0 Å².